The second kappa shape index (κ2) is 14.8. The maximum Gasteiger partial charge on any atom is 0.400 e. The van der Waals surface area contributed by atoms with E-state index < -0.39 is 26.2 Å². The molecule has 0 aliphatic heterocycles. The van der Waals surface area contributed by atoms with Crippen molar-refractivity contribution in [3.05, 3.63) is 0 Å². The number of hydrogen-bond acceptors (Lipinski definition) is 6. The molecule has 200 valence electrons. The van der Waals surface area contributed by atoms with Crippen LogP contribution in [0.3, 0.4) is 0 Å². The van der Waals surface area contributed by atoms with Crippen LogP contribution >= 0.6 is 39.7 Å². The number of hydrogen-bond donors (Lipinski definition) is 8. The molecule has 12 nitrogen and oxygen atoms in total. The zero-order valence-corrected chi connectivity index (χ0v) is 23.7. The predicted octanol–water partition coefficient (Wildman–Crippen LogP) is 1.27. The van der Waals surface area contributed by atoms with Gasteiger partial charge in [0, 0.05) is 32.6 Å². The molecular weight excluding hydrogens is 522 g/mol. The van der Waals surface area contributed by atoms with Crippen molar-refractivity contribution in [2.24, 2.45) is 21.8 Å². The second-order valence-corrected chi connectivity index (χ2v) is 13.5. The van der Waals surface area contributed by atoms with Gasteiger partial charge in [-0.25, -0.2) is 10.1 Å². The van der Waals surface area contributed by atoms with Crippen molar-refractivity contribution in [3.8, 4) is 0 Å². The molecule has 0 aromatic heterocycles. The average Bonchev–Trinajstić information content (AvgIpc) is 2.64. The monoisotopic (exact) mass is 562 g/mol. The van der Waals surface area contributed by atoms with Crippen LogP contribution in [0.25, 0.3) is 0 Å². The summed E-state index contributed by atoms with van der Waals surface area (Å²) in [7, 11) is -8.18. The summed E-state index contributed by atoms with van der Waals surface area (Å²) in [5.41, 5.74) is 8.32. The van der Waals surface area contributed by atoms with Crippen LogP contribution in [0.4, 0.5) is 0 Å². The molecule has 0 aliphatic carbocycles. The Balaban J connectivity index is 3.92. The number of carbonyl (C=O) groups excluding carboxylic acids is 1. The van der Waals surface area contributed by atoms with Gasteiger partial charge in [0.15, 0.2) is 10.2 Å². The van der Waals surface area contributed by atoms with Gasteiger partial charge in [-0.1, -0.05) is 27.7 Å². The topological polar surface area (TPSA) is 201 Å². The SMILES string of the molecule is CC(C)(CCNC(=S)NCCCNC(=S)NCCC(C)(C)CC(=O)P(N)(=O)O)COP(N)(=O)O. The summed E-state index contributed by atoms with van der Waals surface area (Å²) in [5.74, 6) is 0. The molecule has 0 fully saturated rings. The Kier molecular flexibility index (Phi) is 14.5. The van der Waals surface area contributed by atoms with Gasteiger partial charge in [0.25, 0.3) is 0 Å². The third-order valence-electron chi connectivity index (χ3n) is 4.73. The third-order valence-corrected chi connectivity index (χ3v) is 6.68. The quantitative estimate of drug-likeness (QED) is 0.0759. The summed E-state index contributed by atoms with van der Waals surface area (Å²) in [6, 6.07) is 0. The number of thiocarbonyl (C=S) groups is 2. The van der Waals surface area contributed by atoms with E-state index in [2.05, 4.69) is 21.3 Å². The van der Waals surface area contributed by atoms with Crippen LogP contribution in [0.2, 0.25) is 0 Å². The standard InChI is InChI=1S/C18H40N6O6P2S2/c1-17(2,12-14(25)31(19,26)27)6-10-23-15(33)21-8-5-9-22-16(34)24-11-7-18(3,4)13-30-32(20,28)29/h5-13H2,1-4H3,(H3,19,26,27)(H3,20,28,29)(H2,21,23,33)(H2,22,24,34). The Morgan fingerprint density at radius 1 is 0.853 bits per heavy atom. The Morgan fingerprint density at radius 2 is 1.26 bits per heavy atom. The highest BCUT2D eigenvalue weighted by Gasteiger charge is 2.30. The summed E-state index contributed by atoms with van der Waals surface area (Å²) in [4.78, 5) is 29.8. The van der Waals surface area contributed by atoms with E-state index in [1.807, 2.05) is 27.7 Å². The summed E-state index contributed by atoms with van der Waals surface area (Å²) in [6.07, 6.45) is 1.90. The summed E-state index contributed by atoms with van der Waals surface area (Å²) >= 11 is 10.5. The molecule has 0 saturated heterocycles. The summed E-state index contributed by atoms with van der Waals surface area (Å²) in [6.45, 7) is 9.83. The number of nitrogens with one attached hydrogen (secondary N) is 4. The third kappa shape index (κ3) is 18.6. The maximum absolute atomic E-state index is 11.6. The molecule has 0 rings (SSSR count). The minimum atomic E-state index is -4.20. The second-order valence-electron chi connectivity index (χ2n) is 9.58. The molecule has 0 spiro atoms. The van der Waals surface area contributed by atoms with E-state index in [4.69, 9.17) is 49.8 Å². The minimum absolute atomic E-state index is 0.0623. The van der Waals surface area contributed by atoms with E-state index >= 15 is 0 Å². The van der Waals surface area contributed by atoms with E-state index in [0.717, 1.165) is 6.42 Å². The molecule has 0 amide bonds. The highest BCUT2D eigenvalue weighted by Crippen LogP contribution is 2.38. The van der Waals surface area contributed by atoms with Crippen LogP contribution < -0.4 is 32.3 Å². The first-order valence-electron chi connectivity index (χ1n) is 10.8. The Hall–Kier alpha value is -0.690. The van der Waals surface area contributed by atoms with Crippen LogP contribution in [0.1, 0.15) is 53.4 Å². The predicted molar refractivity (Wildman–Crippen MR) is 142 cm³/mol. The molecule has 0 aromatic carbocycles. The molecule has 0 aromatic rings. The molecule has 0 bridgehead atoms. The van der Waals surface area contributed by atoms with Gasteiger partial charge in [0.2, 0.25) is 5.52 Å². The fourth-order valence-corrected chi connectivity index (χ4v) is 4.19. The molecule has 16 heteroatoms. The first-order chi connectivity index (χ1) is 15.3. The van der Waals surface area contributed by atoms with Crippen molar-refractivity contribution < 1.29 is 28.2 Å². The molecule has 0 aliphatic rings. The number of nitrogens with two attached hydrogens (primary N) is 2. The molecule has 0 heterocycles. The molecular formula is C18H40N6O6P2S2. The average molecular weight is 563 g/mol. The smallest absolute Gasteiger partial charge is 0.363 e. The first kappa shape index (κ1) is 33.3. The van der Waals surface area contributed by atoms with Gasteiger partial charge in [-0.2, -0.15) is 0 Å². The van der Waals surface area contributed by atoms with Gasteiger partial charge in [-0.05, 0) is 54.5 Å². The van der Waals surface area contributed by atoms with Crippen molar-refractivity contribution in [3.63, 3.8) is 0 Å². The van der Waals surface area contributed by atoms with Crippen molar-refractivity contribution >= 4 is 55.5 Å². The molecule has 2 unspecified atom stereocenters. The van der Waals surface area contributed by atoms with E-state index in [1.54, 1.807) is 0 Å². The van der Waals surface area contributed by atoms with Crippen molar-refractivity contribution in [2.45, 2.75) is 53.4 Å². The fraction of sp³-hybridized carbons (Fsp3) is 0.833. The normalized spacial score (nSPS) is 15.5. The maximum atomic E-state index is 11.6. The van der Waals surface area contributed by atoms with Crippen LogP contribution in [0.5, 0.6) is 0 Å². The van der Waals surface area contributed by atoms with Gasteiger partial charge in [-0.3, -0.25) is 19.4 Å². The first-order valence-corrected chi connectivity index (χ1v) is 15.0. The van der Waals surface area contributed by atoms with Gasteiger partial charge in [-0.15, -0.1) is 0 Å². The van der Waals surface area contributed by atoms with Crippen molar-refractivity contribution in [1.82, 2.24) is 21.3 Å². The lowest BCUT2D eigenvalue weighted by Crippen LogP contribution is -2.40. The summed E-state index contributed by atoms with van der Waals surface area (Å²) in [5, 5.41) is 13.3. The highest BCUT2D eigenvalue weighted by molar-refractivity contribution is 7.80. The lowest BCUT2D eigenvalue weighted by Gasteiger charge is -2.25. The van der Waals surface area contributed by atoms with Crippen LogP contribution in [-0.4, -0.2) is 58.3 Å². The van der Waals surface area contributed by atoms with E-state index in [1.165, 1.54) is 0 Å². The Labute approximate surface area is 212 Å². The van der Waals surface area contributed by atoms with Crippen LogP contribution in [0, 0.1) is 10.8 Å². The van der Waals surface area contributed by atoms with Gasteiger partial charge in [0.1, 0.15) is 0 Å². The van der Waals surface area contributed by atoms with Gasteiger partial charge in [0.05, 0.1) is 6.61 Å². The van der Waals surface area contributed by atoms with Crippen molar-refractivity contribution in [1.29, 1.82) is 0 Å². The Morgan fingerprint density at radius 3 is 1.68 bits per heavy atom. The van der Waals surface area contributed by atoms with Gasteiger partial charge >= 0.3 is 15.3 Å². The minimum Gasteiger partial charge on any atom is -0.363 e. The molecule has 34 heavy (non-hydrogen) atoms. The van der Waals surface area contributed by atoms with E-state index in [-0.39, 0.29) is 18.4 Å². The van der Waals surface area contributed by atoms with E-state index in [0.29, 0.717) is 49.2 Å². The molecule has 0 radical (unpaired) electrons. The number of rotatable bonds is 16. The zero-order chi connectivity index (χ0) is 26.6. The lowest BCUT2D eigenvalue weighted by molar-refractivity contribution is -0.114. The lowest BCUT2D eigenvalue weighted by atomic mass is 9.86. The van der Waals surface area contributed by atoms with Crippen molar-refractivity contribution in [2.75, 3.05) is 32.8 Å². The van der Waals surface area contributed by atoms with Crippen LogP contribution in [-0.2, 0) is 18.4 Å². The van der Waals surface area contributed by atoms with Gasteiger partial charge < -0.3 is 31.1 Å². The Bertz CT molecular complexity index is 787. The summed E-state index contributed by atoms with van der Waals surface area (Å²) < 4.78 is 27.0. The number of carbonyl (C=O) groups is 1. The highest BCUT2D eigenvalue weighted by atomic mass is 32.1. The molecule has 10 N–H and O–H groups in total. The zero-order valence-electron chi connectivity index (χ0n) is 20.3. The molecule has 2 atom stereocenters. The fourth-order valence-electron chi connectivity index (χ4n) is 2.60. The van der Waals surface area contributed by atoms with E-state index in [9.17, 15) is 13.9 Å². The molecule has 0 saturated carbocycles. The van der Waals surface area contributed by atoms with Crippen LogP contribution in [0.15, 0.2) is 0 Å². The largest absolute Gasteiger partial charge is 0.400 e.